The van der Waals surface area contributed by atoms with Crippen LogP contribution >= 0.6 is 12.4 Å². The highest BCUT2D eigenvalue weighted by Crippen LogP contribution is 2.21. The summed E-state index contributed by atoms with van der Waals surface area (Å²) in [5, 5.41) is 0. The Kier molecular flexibility index (Phi) is 5.34. The maximum absolute atomic E-state index is 5.72. The first-order valence-electron chi connectivity index (χ1n) is 7.09. The number of nitrogens with two attached hydrogens (primary N) is 1. The topological polar surface area (TPSA) is 59.5 Å². The van der Waals surface area contributed by atoms with E-state index >= 15 is 0 Å². The van der Waals surface area contributed by atoms with E-state index < -0.39 is 0 Å². The minimum atomic E-state index is 0. The molecule has 1 aliphatic rings. The van der Waals surface area contributed by atoms with Gasteiger partial charge in [0.25, 0.3) is 0 Å². The number of fused-ring (bicyclic) bond motifs is 1. The van der Waals surface area contributed by atoms with Crippen LogP contribution in [0, 0.1) is 0 Å². The van der Waals surface area contributed by atoms with Gasteiger partial charge in [0.1, 0.15) is 0 Å². The summed E-state index contributed by atoms with van der Waals surface area (Å²) in [5.74, 6) is 0.782. The lowest BCUT2D eigenvalue weighted by atomic mass is 9.99. The number of nitrogens with zero attached hydrogens (tertiary/aromatic N) is 4. The fourth-order valence-corrected chi connectivity index (χ4v) is 2.95. The third-order valence-corrected chi connectivity index (χ3v) is 3.90. The monoisotopic (exact) mass is 295 g/mol. The first-order chi connectivity index (χ1) is 9.36. The molecule has 2 aromatic rings. The Balaban J connectivity index is 0.00000147. The fraction of sp³-hybridized carbons (Fsp3) is 0.571. The second-order valence-electron chi connectivity index (χ2n) is 5.26. The van der Waals surface area contributed by atoms with Crippen molar-refractivity contribution >= 4 is 18.2 Å². The van der Waals surface area contributed by atoms with Gasteiger partial charge < -0.3 is 5.73 Å². The predicted octanol–water partition coefficient (Wildman–Crippen LogP) is 1.85. The smallest absolute Gasteiger partial charge is 0.233 e. The Labute approximate surface area is 125 Å². The van der Waals surface area contributed by atoms with E-state index in [1.54, 1.807) is 6.20 Å². The van der Waals surface area contributed by atoms with Gasteiger partial charge in [-0.3, -0.25) is 9.30 Å². The number of likely N-dealkylation sites (tertiary alicyclic amines) is 1. The molecular weight excluding hydrogens is 274 g/mol. The second-order valence-corrected chi connectivity index (χ2v) is 5.26. The van der Waals surface area contributed by atoms with Crippen LogP contribution in [0.3, 0.4) is 0 Å². The molecule has 1 unspecified atom stereocenters. The normalized spacial score (nSPS) is 19.9. The van der Waals surface area contributed by atoms with Crippen molar-refractivity contribution in [1.29, 1.82) is 0 Å². The minimum Gasteiger partial charge on any atom is -0.330 e. The summed E-state index contributed by atoms with van der Waals surface area (Å²) < 4.78 is 1.98. The van der Waals surface area contributed by atoms with Crippen LogP contribution < -0.4 is 5.73 Å². The third kappa shape index (κ3) is 3.29. The highest BCUT2D eigenvalue weighted by molar-refractivity contribution is 5.85. The van der Waals surface area contributed by atoms with Crippen molar-refractivity contribution in [3.05, 3.63) is 30.4 Å². The van der Waals surface area contributed by atoms with Gasteiger partial charge >= 0.3 is 0 Å². The summed E-state index contributed by atoms with van der Waals surface area (Å²) in [7, 11) is 0. The SMILES string of the molecule is Cl.NCCC1CCCCN1Cc1cn2cccnc2n1. The van der Waals surface area contributed by atoms with E-state index in [-0.39, 0.29) is 12.4 Å². The molecule has 1 saturated heterocycles. The van der Waals surface area contributed by atoms with E-state index in [4.69, 9.17) is 5.73 Å². The van der Waals surface area contributed by atoms with Crippen molar-refractivity contribution < 1.29 is 0 Å². The van der Waals surface area contributed by atoms with E-state index in [9.17, 15) is 0 Å². The molecule has 0 bridgehead atoms. The maximum Gasteiger partial charge on any atom is 0.233 e. The fourth-order valence-electron chi connectivity index (χ4n) is 2.95. The molecule has 1 atom stereocenters. The molecule has 6 heteroatoms. The summed E-state index contributed by atoms with van der Waals surface area (Å²) in [6.07, 6.45) is 10.8. The van der Waals surface area contributed by atoms with Gasteiger partial charge in [0.2, 0.25) is 5.78 Å². The first-order valence-corrected chi connectivity index (χ1v) is 7.09. The van der Waals surface area contributed by atoms with Crippen molar-refractivity contribution in [2.75, 3.05) is 13.1 Å². The minimum absolute atomic E-state index is 0. The van der Waals surface area contributed by atoms with E-state index in [1.165, 1.54) is 19.3 Å². The summed E-state index contributed by atoms with van der Waals surface area (Å²) in [6, 6.07) is 2.55. The molecule has 0 amide bonds. The summed E-state index contributed by atoms with van der Waals surface area (Å²) in [5.41, 5.74) is 6.82. The lowest BCUT2D eigenvalue weighted by molar-refractivity contribution is 0.132. The van der Waals surface area contributed by atoms with Gasteiger partial charge in [0.15, 0.2) is 0 Å². The van der Waals surface area contributed by atoms with E-state index in [0.29, 0.717) is 6.04 Å². The number of halogens is 1. The van der Waals surface area contributed by atoms with Crippen LogP contribution in [0.4, 0.5) is 0 Å². The Morgan fingerprint density at radius 3 is 3.05 bits per heavy atom. The largest absolute Gasteiger partial charge is 0.330 e. The highest BCUT2D eigenvalue weighted by Gasteiger charge is 2.22. The number of hydrogen-bond donors (Lipinski definition) is 1. The van der Waals surface area contributed by atoms with Crippen LogP contribution in [-0.4, -0.2) is 38.4 Å². The molecule has 2 aromatic heterocycles. The van der Waals surface area contributed by atoms with Crippen molar-refractivity contribution in [2.24, 2.45) is 5.73 Å². The molecule has 1 aliphatic heterocycles. The summed E-state index contributed by atoms with van der Waals surface area (Å²) in [4.78, 5) is 11.4. The zero-order valence-electron chi connectivity index (χ0n) is 11.6. The predicted molar refractivity (Wildman–Crippen MR) is 82.0 cm³/mol. The van der Waals surface area contributed by atoms with Gasteiger partial charge in [-0.05, 0) is 38.4 Å². The lowest BCUT2D eigenvalue weighted by Crippen LogP contribution is -2.40. The van der Waals surface area contributed by atoms with Gasteiger partial charge in [-0.1, -0.05) is 6.42 Å². The van der Waals surface area contributed by atoms with Gasteiger partial charge in [-0.2, -0.15) is 0 Å². The van der Waals surface area contributed by atoms with E-state index in [0.717, 1.165) is 37.5 Å². The molecule has 3 rings (SSSR count). The van der Waals surface area contributed by atoms with Crippen LogP contribution in [0.15, 0.2) is 24.7 Å². The van der Waals surface area contributed by atoms with Crippen molar-refractivity contribution in [3.63, 3.8) is 0 Å². The zero-order valence-corrected chi connectivity index (χ0v) is 12.4. The molecule has 0 aliphatic carbocycles. The summed E-state index contributed by atoms with van der Waals surface area (Å²) >= 11 is 0. The molecule has 3 heterocycles. The van der Waals surface area contributed by atoms with Gasteiger partial charge in [-0.15, -0.1) is 12.4 Å². The molecule has 5 nitrogen and oxygen atoms in total. The van der Waals surface area contributed by atoms with E-state index in [1.807, 2.05) is 16.7 Å². The third-order valence-electron chi connectivity index (χ3n) is 3.90. The Morgan fingerprint density at radius 1 is 1.35 bits per heavy atom. The number of hydrogen-bond acceptors (Lipinski definition) is 4. The van der Waals surface area contributed by atoms with Gasteiger partial charge in [-0.25, -0.2) is 9.97 Å². The molecule has 110 valence electrons. The average molecular weight is 296 g/mol. The van der Waals surface area contributed by atoms with Crippen LogP contribution in [0.25, 0.3) is 5.78 Å². The molecule has 0 spiro atoms. The van der Waals surface area contributed by atoms with Crippen molar-refractivity contribution in [2.45, 2.75) is 38.3 Å². The van der Waals surface area contributed by atoms with Crippen LogP contribution in [0.2, 0.25) is 0 Å². The molecule has 0 saturated carbocycles. The molecular formula is C14H22ClN5. The van der Waals surface area contributed by atoms with Crippen molar-refractivity contribution in [1.82, 2.24) is 19.3 Å². The Hall–Kier alpha value is -1.17. The number of imidazole rings is 1. The zero-order chi connectivity index (χ0) is 13.1. The molecule has 2 N–H and O–H groups in total. The van der Waals surface area contributed by atoms with Crippen molar-refractivity contribution in [3.8, 4) is 0 Å². The molecule has 0 aromatic carbocycles. The summed E-state index contributed by atoms with van der Waals surface area (Å²) in [6.45, 7) is 2.84. The number of piperidine rings is 1. The number of aromatic nitrogens is 3. The molecule has 1 fully saturated rings. The molecule has 0 radical (unpaired) electrons. The van der Waals surface area contributed by atoms with Gasteiger partial charge in [0.05, 0.1) is 5.69 Å². The lowest BCUT2D eigenvalue weighted by Gasteiger charge is -2.35. The van der Waals surface area contributed by atoms with Crippen LogP contribution in [0.5, 0.6) is 0 Å². The Morgan fingerprint density at radius 2 is 2.25 bits per heavy atom. The second kappa shape index (κ2) is 7.02. The van der Waals surface area contributed by atoms with E-state index in [2.05, 4.69) is 21.1 Å². The Bertz CT molecular complexity index is 506. The average Bonchev–Trinajstić information content (AvgIpc) is 2.83. The molecule has 20 heavy (non-hydrogen) atoms. The standard InChI is InChI=1S/C14H21N5.ClH/c15-6-5-13-4-1-2-8-18(13)10-12-11-19-9-3-7-16-14(19)17-12;/h3,7,9,11,13H,1-2,4-6,8,10,15H2;1H. The number of rotatable bonds is 4. The quantitative estimate of drug-likeness (QED) is 0.935. The first kappa shape index (κ1) is 15.2. The highest BCUT2D eigenvalue weighted by atomic mass is 35.5. The van der Waals surface area contributed by atoms with Crippen LogP contribution in [-0.2, 0) is 6.54 Å². The van der Waals surface area contributed by atoms with Gasteiger partial charge in [0, 0.05) is 31.2 Å². The van der Waals surface area contributed by atoms with Crippen LogP contribution in [0.1, 0.15) is 31.4 Å². The maximum atomic E-state index is 5.72.